The molecule has 0 aromatic carbocycles. The van der Waals surface area contributed by atoms with E-state index in [1.165, 1.54) is 0 Å². The second-order valence-electron chi connectivity index (χ2n) is 5.62. The minimum atomic E-state index is 0.0558. The highest BCUT2D eigenvalue weighted by Crippen LogP contribution is 2.03. The number of nitrogens with one attached hydrogen (secondary N) is 2. The molecular weight excluding hydrogens is 228 g/mol. The summed E-state index contributed by atoms with van der Waals surface area (Å²) in [6.45, 7) is 9.45. The van der Waals surface area contributed by atoms with Crippen LogP contribution in [0.4, 0.5) is 0 Å². The van der Waals surface area contributed by atoms with Crippen molar-refractivity contribution in [3.63, 3.8) is 0 Å². The molecule has 0 unspecified atom stereocenters. The van der Waals surface area contributed by atoms with Crippen LogP contribution in [0, 0.1) is 6.92 Å². The standard InChI is InChI=1S/C13H24N4O/c1-10-11(9-17(5)16-10)8-14-12(18)6-7-15-13(2,3)4/h9,15H,6-8H2,1-5H3,(H,14,18). The molecule has 1 amide bonds. The third-order valence-corrected chi connectivity index (χ3v) is 2.60. The minimum absolute atomic E-state index is 0.0558. The molecular formula is C13H24N4O. The lowest BCUT2D eigenvalue weighted by atomic mass is 10.1. The van der Waals surface area contributed by atoms with Gasteiger partial charge in [0.15, 0.2) is 0 Å². The molecule has 0 bridgehead atoms. The summed E-state index contributed by atoms with van der Waals surface area (Å²) in [7, 11) is 1.88. The van der Waals surface area contributed by atoms with Crippen molar-refractivity contribution in [3.8, 4) is 0 Å². The van der Waals surface area contributed by atoms with Crippen LogP contribution in [-0.4, -0.2) is 27.8 Å². The number of carbonyl (C=O) groups excluding carboxylic acids is 1. The van der Waals surface area contributed by atoms with E-state index in [1.54, 1.807) is 4.68 Å². The largest absolute Gasteiger partial charge is 0.352 e. The second-order valence-corrected chi connectivity index (χ2v) is 5.62. The molecule has 1 aromatic rings. The van der Waals surface area contributed by atoms with E-state index in [0.717, 1.165) is 11.3 Å². The fourth-order valence-corrected chi connectivity index (χ4v) is 1.66. The predicted octanol–water partition coefficient (Wildman–Crippen LogP) is 1.12. The fourth-order valence-electron chi connectivity index (χ4n) is 1.66. The van der Waals surface area contributed by atoms with Gasteiger partial charge in [-0.1, -0.05) is 0 Å². The number of amides is 1. The van der Waals surface area contributed by atoms with Crippen molar-refractivity contribution in [2.75, 3.05) is 6.54 Å². The lowest BCUT2D eigenvalue weighted by molar-refractivity contribution is -0.121. The molecule has 18 heavy (non-hydrogen) atoms. The van der Waals surface area contributed by atoms with E-state index in [1.807, 2.05) is 20.2 Å². The Balaban J connectivity index is 2.27. The van der Waals surface area contributed by atoms with E-state index in [-0.39, 0.29) is 11.4 Å². The van der Waals surface area contributed by atoms with Crippen LogP contribution in [0.25, 0.3) is 0 Å². The van der Waals surface area contributed by atoms with Gasteiger partial charge in [-0.2, -0.15) is 5.10 Å². The number of hydrogen-bond acceptors (Lipinski definition) is 3. The highest BCUT2D eigenvalue weighted by atomic mass is 16.1. The van der Waals surface area contributed by atoms with Crippen molar-refractivity contribution in [2.24, 2.45) is 7.05 Å². The first-order valence-electron chi connectivity index (χ1n) is 6.29. The van der Waals surface area contributed by atoms with Crippen LogP contribution >= 0.6 is 0 Å². The smallest absolute Gasteiger partial charge is 0.221 e. The van der Waals surface area contributed by atoms with Gasteiger partial charge in [0.2, 0.25) is 5.91 Å². The van der Waals surface area contributed by atoms with Crippen molar-refractivity contribution in [1.82, 2.24) is 20.4 Å². The summed E-state index contributed by atoms with van der Waals surface area (Å²) in [5.74, 6) is 0.0648. The van der Waals surface area contributed by atoms with Gasteiger partial charge in [0, 0.05) is 43.9 Å². The molecule has 0 fully saturated rings. The molecule has 5 heteroatoms. The molecule has 5 nitrogen and oxygen atoms in total. The first-order chi connectivity index (χ1) is 8.28. The van der Waals surface area contributed by atoms with Crippen molar-refractivity contribution in [1.29, 1.82) is 0 Å². The zero-order valence-electron chi connectivity index (χ0n) is 12.0. The van der Waals surface area contributed by atoms with E-state index >= 15 is 0 Å². The van der Waals surface area contributed by atoms with Crippen LogP contribution in [-0.2, 0) is 18.4 Å². The zero-order chi connectivity index (χ0) is 13.8. The van der Waals surface area contributed by atoms with Gasteiger partial charge in [-0.15, -0.1) is 0 Å². The highest BCUT2D eigenvalue weighted by molar-refractivity contribution is 5.76. The second kappa shape index (κ2) is 6.00. The van der Waals surface area contributed by atoms with Gasteiger partial charge in [-0.25, -0.2) is 0 Å². The minimum Gasteiger partial charge on any atom is -0.352 e. The SMILES string of the molecule is Cc1nn(C)cc1CNC(=O)CCNC(C)(C)C. The normalized spacial score (nSPS) is 11.6. The molecule has 0 aliphatic heterocycles. The number of rotatable bonds is 5. The maximum absolute atomic E-state index is 11.6. The van der Waals surface area contributed by atoms with Gasteiger partial charge >= 0.3 is 0 Å². The van der Waals surface area contributed by atoms with Crippen molar-refractivity contribution in [2.45, 2.75) is 46.2 Å². The summed E-state index contributed by atoms with van der Waals surface area (Å²) in [4.78, 5) is 11.6. The monoisotopic (exact) mass is 252 g/mol. The average Bonchev–Trinajstić information content (AvgIpc) is 2.52. The van der Waals surface area contributed by atoms with Crippen LogP contribution in [0.1, 0.15) is 38.4 Å². The summed E-state index contributed by atoms with van der Waals surface area (Å²) in [5, 5.41) is 10.4. The van der Waals surface area contributed by atoms with Crippen LogP contribution in [0.5, 0.6) is 0 Å². The summed E-state index contributed by atoms with van der Waals surface area (Å²) >= 11 is 0. The number of carbonyl (C=O) groups is 1. The Hall–Kier alpha value is -1.36. The Morgan fingerprint density at radius 3 is 2.61 bits per heavy atom. The summed E-state index contributed by atoms with van der Waals surface area (Å²) < 4.78 is 1.76. The number of hydrogen-bond donors (Lipinski definition) is 2. The van der Waals surface area contributed by atoms with E-state index in [2.05, 4.69) is 36.5 Å². The van der Waals surface area contributed by atoms with E-state index in [4.69, 9.17) is 0 Å². The van der Waals surface area contributed by atoms with Gasteiger partial charge in [-0.3, -0.25) is 9.48 Å². The molecule has 0 saturated carbocycles. The molecule has 1 heterocycles. The van der Waals surface area contributed by atoms with Crippen molar-refractivity contribution in [3.05, 3.63) is 17.5 Å². The van der Waals surface area contributed by atoms with Crippen LogP contribution in [0.15, 0.2) is 6.20 Å². The van der Waals surface area contributed by atoms with Crippen LogP contribution < -0.4 is 10.6 Å². The van der Waals surface area contributed by atoms with Gasteiger partial charge in [-0.05, 0) is 27.7 Å². The molecule has 0 atom stereocenters. The molecule has 0 aliphatic rings. The Morgan fingerprint density at radius 1 is 1.44 bits per heavy atom. The van der Waals surface area contributed by atoms with Crippen molar-refractivity contribution < 1.29 is 4.79 Å². The fraction of sp³-hybridized carbons (Fsp3) is 0.692. The van der Waals surface area contributed by atoms with E-state index < -0.39 is 0 Å². The molecule has 0 radical (unpaired) electrons. The first-order valence-corrected chi connectivity index (χ1v) is 6.29. The first kappa shape index (κ1) is 14.7. The molecule has 102 valence electrons. The summed E-state index contributed by atoms with van der Waals surface area (Å²) in [5.41, 5.74) is 2.08. The number of nitrogens with zero attached hydrogens (tertiary/aromatic N) is 2. The average molecular weight is 252 g/mol. The molecule has 1 rings (SSSR count). The maximum atomic E-state index is 11.6. The van der Waals surface area contributed by atoms with Crippen LogP contribution in [0.3, 0.4) is 0 Å². The number of aryl methyl sites for hydroxylation is 2. The molecule has 0 aliphatic carbocycles. The predicted molar refractivity (Wildman–Crippen MR) is 72.2 cm³/mol. The molecule has 2 N–H and O–H groups in total. The summed E-state index contributed by atoms with van der Waals surface area (Å²) in [6.07, 6.45) is 2.43. The Bertz CT molecular complexity index is 404. The van der Waals surface area contributed by atoms with Crippen molar-refractivity contribution >= 4 is 5.91 Å². The zero-order valence-corrected chi connectivity index (χ0v) is 12.0. The van der Waals surface area contributed by atoms with E-state index in [9.17, 15) is 4.79 Å². The third kappa shape index (κ3) is 5.31. The van der Waals surface area contributed by atoms with Gasteiger partial charge < -0.3 is 10.6 Å². The molecule has 0 saturated heterocycles. The summed E-state index contributed by atoms with van der Waals surface area (Å²) in [6, 6.07) is 0. The Morgan fingerprint density at radius 2 is 2.11 bits per heavy atom. The lowest BCUT2D eigenvalue weighted by Crippen LogP contribution is -2.38. The van der Waals surface area contributed by atoms with Crippen LogP contribution in [0.2, 0.25) is 0 Å². The molecule has 1 aromatic heterocycles. The Kier molecular flexibility index (Phi) is 4.90. The Labute approximate surface area is 109 Å². The topological polar surface area (TPSA) is 59.0 Å². The van der Waals surface area contributed by atoms with E-state index in [0.29, 0.717) is 19.5 Å². The van der Waals surface area contributed by atoms with Gasteiger partial charge in [0.05, 0.1) is 5.69 Å². The van der Waals surface area contributed by atoms with Gasteiger partial charge in [0.25, 0.3) is 0 Å². The third-order valence-electron chi connectivity index (χ3n) is 2.60. The lowest BCUT2D eigenvalue weighted by Gasteiger charge is -2.20. The maximum Gasteiger partial charge on any atom is 0.221 e. The quantitative estimate of drug-likeness (QED) is 0.825. The molecule has 0 spiro atoms. The van der Waals surface area contributed by atoms with Gasteiger partial charge in [0.1, 0.15) is 0 Å². The number of aromatic nitrogens is 2. The highest BCUT2D eigenvalue weighted by Gasteiger charge is 2.10.